The fraction of sp³-hybridized carbons (Fsp3) is 0.955. The smallest absolute Gasteiger partial charge is 0.336 e. The maximum Gasteiger partial charge on any atom is 0.345 e. The third-order valence-corrected chi connectivity index (χ3v) is 8.48. The van der Waals surface area contributed by atoms with Gasteiger partial charge in [-0.15, -0.1) is 23.2 Å². The Morgan fingerprint density at radius 1 is 1.00 bits per heavy atom. The number of amides is 2. The summed E-state index contributed by atoms with van der Waals surface area (Å²) in [5, 5.41) is 16.4. The molecule has 2 atom stereocenters. The first-order valence-corrected chi connectivity index (χ1v) is 15.3. The molecule has 2 unspecified atom stereocenters. The summed E-state index contributed by atoms with van der Waals surface area (Å²) >= 11 is 11.6. The van der Waals surface area contributed by atoms with Gasteiger partial charge in [-0.3, -0.25) is 9.77 Å². The van der Waals surface area contributed by atoms with Gasteiger partial charge < -0.3 is 9.84 Å². The van der Waals surface area contributed by atoms with Crippen LogP contribution < -0.4 is 10.4 Å². The third-order valence-electron chi connectivity index (χ3n) is 5.84. The maximum absolute atomic E-state index is 13.1. The lowest BCUT2D eigenvalue weighted by Gasteiger charge is -2.39. The molecule has 196 valence electrons. The third kappa shape index (κ3) is 13.0. The summed E-state index contributed by atoms with van der Waals surface area (Å²) in [6, 6.07) is -0.606. The molecule has 0 spiro atoms. The SMILES string of the molecule is CCCCCCCCCCCCCCNC(=O)N(O)C1CCOP(=O)(N(CCCl)CCCl)N1. The first kappa shape index (κ1) is 31.0. The van der Waals surface area contributed by atoms with E-state index < -0.39 is 19.9 Å². The first-order valence-electron chi connectivity index (χ1n) is 12.6. The number of hydroxylamine groups is 2. The molecule has 1 aliphatic heterocycles. The molecule has 8 nitrogen and oxygen atoms in total. The summed E-state index contributed by atoms with van der Waals surface area (Å²) < 4.78 is 20.1. The number of rotatable bonds is 19. The van der Waals surface area contributed by atoms with Crippen molar-refractivity contribution in [3.63, 3.8) is 0 Å². The second-order valence-corrected chi connectivity index (χ2v) is 11.5. The normalized spacial score (nSPS) is 20.8. The van der Waals surface area contributed by atoms with Gasteiger partial charge in [-0.1, -0.05) is 77.6 Å². The van der Waals surface area contributed by atoms with E-state index in [1.54, 1.807) is 0 Å². The Morgan fingerprint density at radius 3 is 2.03 bits per heavy atom. The van der Waals surface area contributed by atoms with Gasteiger partial charge in [0.2, 0.25) is 0 Å². The molecule has 0 aromatic carbocycles. The molecule has 1 fully saturated rings. The largest absolute Gasteiger partial charge is 0.345 e. The van der Waals surface area contributed by atoms with Crippen LogP contribution in [0.2, 0.25) is 0 Å². The molecule has 0 radical (unpaired) electrons. The van der Waals surface area contributed by atoms with Crippen molar-refractivity contribution in [1.29, 1.82) is 0 Å². The maximum atomic E-state index is 13.1. The van der Waals surface area contributed by atoms with Crippen LogP contribution in [0.1, 0.15) is 90.4 Å². The number of alkyl halides is 2. The van der Waals surface area contributed by atoms with E-state index in [4.69, 9.17) is 27.7 Å². The molecule has 2 amide bonds. The summed E-state index contributed by atoms with van der Waals surface area (Å²) in [5.74, 6) is 0.526. The van der Waals surface area contributed by atoms with Crippen molar-refractivity contribution >= 4 is 36.9 Å². The lowest BCUT2D eigenvalue weighted by molar-refractivity contribution is -0.0923. The molecule has 11 heteroatoms. The number of nitrogens with zero attached hydrogens (tertiary/aromatic N) is 2. The van der Waals surface area contributed by atoms with Crippen molar-refractivity contribution in [2.24, 2.45) is 0 Å². The standard InChI is InChI=1S/C22H45Cl2N4O4P/c1-2-3-4-5-6-7-8-9-10-11-12-13-17-25-22(29)28(30)21-14-20-32-33(31,26-21)27(18-15-23)19-16-24/h21,30H,2-20H2,1H3,(H,25,29)(H,26,31). The van der Waals surface area contributed by atoms with Gasteiger partial charge in [0.05, 0.1) is 6.61 Å². The average molecular weight is 532 g/mol. The summed E-state index contributed by atoms with van der Waals surface area (Å²) in [4.78, 5) is 12.3. The number of carbonyl (C=O) groups is 1. The molecule has 0 aliphatic carbocycles. The molecule has 0 bridgehead atoms. The zero-order valence-electron chi connectivity index (χ0n) is 20.3. The van der Waals surface area contributed by atoms with E-state index >= 15 is 0 Å². The monoisotopic (exact) mass is 530 g/mol. The van der Waals surface area contributed by atoms with Crippen LogP contribution in [0.15, 0.2) is 0 Å². The van der Waals surface area contributed by atoms with Crippen LogP contribution in [-0.2, 0) is 9.09 Å². The van der Waals surface area contributed by atoms with Gasteiger partial charge in [0.1, 0.15) is 6.17 Å². The number of urea groups is 1. The van der Waals surface area contributed by atoms with Gasteiger partial charge >= 0.3 is 13.7 Å². The average Bonchev–Trinajstić information content (AvgIpc) is 2.81. The van der Waals surface area contributed by atoms with Crippen LogP contribution in [0.5, 0.6) is 0 Å². The predicted molar refractivity (Wildman–Crippen MR) is 136 cm³/mol. The van der Waals surface area contributed by atoms with Crippen LogP contribution in [0.4, 0.5) is 4.79 Å². The van der Waals surface area contributed by atoms with Crippen molar-refractivity contribution in [1.82, 2.24) is 20.1 Å². The van der Waals surface area contributed by atoms with Crippen molar-refractivity contribution in [2.45, 2.75) is 96.6 Å². The Hall–Kier alpha value is -0.0800. The van der Waals surface area contributed by atoms with E-state index in [2.05, 4.69) is 17.3 Å². The molecule has 0 aromatic rings. The van der Waals surface area contributed by atoms with E-state index in [0.29, 0.717) is 31.1 Å². The lowest BCUT2D eigenvalue weighted by Crippen LogP contribution is -2.53. The highest BCUT2D eigenvalue weighted by atomic mass is 35.5. The van der Waals surface area contributed by atoms with Crippen LogP contribution in [0, 0.1) is 0 Å². The van der Waals surface area contributed by atoms with Gasteiger partial charge in [-0.05, 0) is 6.42 Å². The number of hydrogen-bond donors (Lipinski definition) is 3. The molecule has 33 heavy (non-hydrogen) atoms. The Labute approximate surface area is 210 Å². The number of unbranched alkanes of at least 4 members (excludes halogenated alkanes) is 11. The number of halogens is 2. The Morgan fingerprint density at radius 2 is 1.52 bits per heavy atom. The fourth-order valence-corrected chi connectivity index (χ4v) is 6.61. The van der Waals surface area contributed by atoms with Gasteiger partial charge in [-0.25, -0.2) is 14.6 Å². The topological polar surface area (TPSA) is 94.1 Å². The molecule has 1 saturated heterocycles. The predicted octanol–water partition coefficient (Wildman–Crippen LogP) is 6.31. The number of nitrogens with one attached hydrogen (secondary N) is 2. The fourth-order valence-electron chi connectivity index (χ4n) is 3.87. The molecule has 0 aromatic heterocycles. The van der Waals surface area contributed by atoms with Gasteiger partial charge in [0.25, 0.3) is 0 Å². The molecular weight excluding hydrogens is 486 g/mol. The minimum atomic E-state index is -3.43. The molecule has 3 N–H and O–H groups in total. The summed E-state index contributed by atoms with van der Waals surface area (Å²) in [7, 11) is -3.43. The molecule has 1 aliphatic rings. The van der Waals surface area contributed by atoms with Crippen molar-refractivity contribution in [3.8, 4) is 0 Å². The Bertz CT molecular complexity index is 556. The second-order valence-electron chi connectivity index (χ2n) is 8.58. The highest BCUT2D eigenvalue weighted by molar-refractivity contribution is 7.54. The summed E-state index contributed by atoms with van der Waals surface area (Å²) in [6.07, 6.45) is 14.5. The van der Waals surface area contributed by atoms with E-state index in [-0.39, 0.29) is 18.4 Å². The van der Waals surface area contributed by atoms with Gasteiger partial charge in [0.15, 0.2) is 0 Å². The minimum Gasteiger partial charge on any atom is -0.336 e. The van der Waals surface area contributed by atoms with Crippen LogP contribution in [0.25, 0.3) is 0 Å². The van der Waals surface area contributed by atoms with Crippen molar-refractivity contribution in [3.05, 3.63) is 0 Å². The number of hydrogen-bond acceptors (Lipinski definition) is 4. The molecule has 1 heterocycles. The van der Waals surface area contributed by atoms with Crippen LogP contribution in [0.3, 0.4) is 0 Å². The minimum absolute atomic E-state index is 0.152. The zero-order chi connectivity index (χ0) is 24.4. The second kappa shape index (κ2) is 19.1. The van der Waals surface area contributed by atoms with Gasteiger partial charge in [0, 0.05) is 37.8 Å². The first-order chi connectivity index (χ1) is 16.0. The molecule has 1 rings (SSSR count). The summed E-state index contributed by atoms with van der Waals surface area (Å²) in [6.45, 7) is 3.54. The lowest BCUT2D eigenvalue weighted by atomic mass is 10.1. The van der Waals surface area contributed by atoms with Crippen molar-refractivity contribution < 1.29 is 19.1 Å². The van der Waals surface area contributed by atoms with Crippen LogP contribution in [-0.4, -0.2) is 65.1 Å². The summed E-state index contributed by atoms with van der Waals surface area (Å²) in [5.41, 5.74) is 0. The highest BCUT2D eigenvalue weighted by Gasteiger charge is 2.40. The van der Waals surface area contributed by atoms with Crippen molar-refractivity contribution in [2.75, 3.05) is 38.0 Å². The van der Waals surface area contributed by atoms with Crippen LogP contribution >= 0.6 is 30.9 Å². The zero-order valence-corrected chi connectivity index (χ0v) is 22.7. The van der Waals surface area contributed by atoms with Gasteiger partial charge in [-0.2, -0.15) is 5.06 Å². The molecule has 0 saturated carbocycles. The van der Waals surface area contributed by atoms with E-state index in [9.17, 15) is 14.6 Å². The van der Waals surface area contributed by atoms with E-state index in [1.165, 1.54) is 62.5 Å². The highest BCUT2D eigenvalue weighted by Crippen LogP contribution is 2.49. The Kier molecular flexibility index (Phi) is 18.0. The van der Waals surface area contributed by atoms with E-state index in [1.807, 2.05) is 0 Å². The Balaban J connectivity index is 2.18. The molecular formula is C22H45Cl2N4O4P. The number of carbonyl (C=O) groups excluding carboxylic acids is 1. The van der Waals surface area contributed by atoms with E-state index in [0.717, 1.165) is 19.3 Å². The quantitative estimate of drug-likeness (QED) is 0.0595.